The van der Waals surface area contributed by atoms with Crippen molar-refractivity contribution < 1.29 is 9.90 Å². The van der Waals surface area contributed by atoms with Crippen LogP contribution in [0.2, 0.25) is 0 Å². The van der Waals surface area contributed by atoms with Crippen molar-refractivity contribution in [1.82, 2.24) is 5.32 Å². The maximum Gasteiger partial charge on any atom is 0.253 e. The van der Waals surface area contributed by atoms with E-state index >= 15 is 0 Å². The monoisotopic (exact) mass is 340 g/mol. The minimum absolute atomic E-state index is 0.170. The van der Waals surface area contributed by atoms with Crippen LogP contribution < -0.4 is 11.1 Å². The van der Waals surface area contributed by atoms with E-state index in [2.05, 4.69) is 21.2 Å². The summed E-state index contributed by atoms with van der Waals surface area (Å²) in [6.45, 7) is 3.87. The van der Waals surface area contributed by atoms with Gasteiger partial charge in [-0.15, -0.1) is 0 Å². The van der Waals surface area contributed by atoms with Crippen LogP contribution in [0.15, 0.2) is 10.5 Å². The van der Waals surface area contributed by atoms with Gasteiger partial charge in [0, 0.05) is 10.2 Å². The number of nitrogen functional groups attached to an aromatic ring is 1. The molecular weight excluding hydrogens is 320 g/mol. The first-order chi connectivity index (χ1) is 9.41. The number of nitrogens with one attached hydrogen (secondary N) is 1. The zero-order valence-electron chi connectivity index (χ0n) is 11.9. The van der Waals surface area contributed by atoms with Crippen LogP contribution in [0.25, 0.3) is 0 Å². The quantitative estimate of drug-likeness (QED) is 0.724. The van der Waals surface area contributed by atoms with Gasteiger partial charge in [0.1, 0.15) is 0 Å². The molecule has 0 aliphatic heterocycles. The molecule has 5 heteroatoms. The number of aliphatic hydroxyl groups is 1. The number of amides is 1. The Balaban J connectivity index is 2.21. The van der Waals surface area contributed by atoms with Crippen LogP contribution in [-0.2, 0) is 0 Å². The Kier molecular flexibility index (Phi) is 4.70. The highest BCUT2D eigenvalue weighted by Crippen LogP contribution is 2.28. The van der Waals surface area contributed by atoms with E-state index in [1.807, 2.05) is 13.8 Å². The van der Waals surface area contributed by atoms with Crippen LogP contribution in [0.4, 0.5) is 5.69 Å². The molecule has 2 atom stereocenters. The van der Waals surface area contributed by atoms with Gasteiger partial charge in [-0.05, 0) is 43.9 Å². The molecule has 2 rings (SSSR count). The van der Waals surface area contributed by atoms with Gasteiger partial charge < -0.3 is 16.2 Å². The average Bonchev–Trinajstić information content (AvgIpc) is 2.43. The summed E-state index contributed by atoms with van der Waals surface area (Å²) < 4.78 is 0.874. The van der Waals surface area contributed by atoms with Gasteiger partial charge in [0.05, 0.1) is 17.7 Å². The molecule has 1 aromatic carbocycles. The largest absolute Gasteiger partial charge is 0.398 e. The number of rotatable bonds is 2. The smallest absolute Gasteiger partial charge is 0.253 e. The van der Waals surface area contributed by atoms with E-state index in [9.17, 15) is 9.90 Å². The fourth-order valence-electron chi connectivity index (χ4n) is 2.61. The molecule has 0 heterocycles. The second-order valence-corrected chi connectivity index (χ2v) is 6.36. The number of aliphatic hydroxyl groups excluding tert-OH is 1. The third kappa shape index (κ3) is 2.99. The molecule has 4 nitrogen and oxygen atoms in total. The molecule has 0 bridgehead atoms. The maximum atomic E-state index is 12.4. The first-order valence-electron chi connectivity index (χ1n) is 6.96. The van der Waals surface area contributed by atoms with Crippen LogP contribution in [0.1, 0.15) is 47.2 Å². The Morgan fingerprint density at radius 3 is 2.65 bits per heavy atom. The number of benzene rings is 1. The lowest BCUT2D eigenvalue weighted by molar-refractivity contribution is 0.0718. The molecule has 1 aromatic rings. The molecule has 110 valence electrons. The van der Waals surface area contributed by atoms with Crippen molar-refractivity contribution in [2.45, 2.75) is 51.7 Å². The van der Waals surface area contributed by atoms with Gasteiger partial charge in [-0.3, -0.25) is 4.79 Å². The van der Waals surface area contributed by atoms with Crippen molar-refractivity contribution in [3.05, 3.63) is 27.2 Å². The molecule has 0 aromatic heterocycles. The van der Waals surface area contributed by atoms with Crippen molar-refractivity contribution in [2.75, 3.05) is 5.73 Å². The number of hydrogen-bond donors (Lipinski definition) is 3. The highest BCUT2D eigenvalue weighted by Gasteiger charge is 2.26. The van der Waals surface area contributed by atoms with E-state index in [1.165, 1.54) is 0 Å². The zero-order chi connectivity index (χ0) is 14.9. The Hall–Kier alpha value is -1.07. The summed E-state index contributed by atoms with van der Waals surface area (Å²) in [6, 6.07) is 1.58. The summed E-state index contributed by atoms with van der Waals surface area (Å²) in [6.07, 6.45) is 3.17. The number of halogens is 1. The van der Waals surface area contributed by atoms with Crippen LogP contribution in [-0.4, -0.2) is 23.2 Å². The average molecular weight is 341 g/mol. The van der Waals surface area contributed by atoms with E-state index in [4.69, 9.17) is 5.73 Å². The Bertz CT molecular complexity index is 531. The molecule has 1 amide bonds. The SMILES string of the molecule is Cc1c(Br)cc(C(=O)N[C@@H]2CCCC[C@H]2O)c(N)c1C. The van der Waals surface area contributed by atoms with Gasteiger partial charge >= 0.3 is 0 Å². The number of nitrogens with two attached hydrogens (primary N) is 1. The van der Waals surface area contributed by atoms with E-state index in [1.54, 1.807) is 6.07 Å². The molecule has 1 aliphatic carbocycles. The lowest BCUT2D eigenvalue weighted by Gasteiger charge is -2.28. The summed E-state index contributed by atoms with van der Waals surface area (Å²) >= 11 is 3.45. The van der Waals surface area contributed by atoms with E-state index in [0.29, 0.717) is 11.3 Å². The highest BCUT2D eigenvalue weighted by atomic mass is 79.9. The molecule has 0 saturated heterocycles. The highest BCUT2D eigenvalue weighted by molar-refractivity contribution is 9.10. The first kappa shape index (κ1) is 15.3. The van der Waals surface area contributed by atoms with Gasteiger partial charge in [0.15, 0.2) is 0 Å². The topological polar surface area (TPSA) is 75.3 Å². The van der Waals surface area contributed by atoms with E-state index in [0.717, 1.165) is 41.3 Å². The Morgan fingerprint density at radius 1 is 1.35 bits per heavy atom. The van der Waals surface area contributed by atoms with Crippen LogP contribution in [0.5, 0.6) is 0 Å². The molecule has 0 unspecified atom stereocenters. The van der Waals surface area contributed by atoms with Crippen LogP contribution in [0, 0.1) is 13.8 Å². The molecule has 1 fully saturated rings. The second-order valence-electron chi connectivity index (χ2n) is 5.50. The maximum absolute atomic E-state index is 12.4. The first-order valence-corrected chi connectivity index (χ1v) is 7.75. The van der Waals surface area contributed by atoms with E-state index in [-0.39, 0.29) is 11.9 Å². The summed E-state index contributed by atoms with van der Waals surface area (Å²) in [4.78, 5) is 12.4. The van der Waals surface area contributed by atoms with Crippen molar-refractivity contribution >= 4 is 27.5 Å². The molecule has 0 spiro atoms. The van der Waals surface area contributed by atoms with Gasteiger partial charge in [-0.1, -0.05) is 28.8 Å². The predicted molar refractivity (Wildman–Crippen MR) is 83.8 cm³/mol. The molecule has 1 aliphatic rings. The number of anilines is 1. The molecule has 4 N–H and O–H groups in total. The number of hydrogen-bond acceptors (Lipinski definition) is 3. The number of carbonyl (C=O) groups is 1. The standard InChI is InChI=1S/C15H21BrN2O2/c1-8-9(2)14(17)10(7-11(8)16)15(20)18-12-5-3-4-6-13(12)19/h7,12-13,19H,3-6,17H2,1-2H3,(H,18,20)/t12-,13-/m1/s1. The van der Waals surface area contributed by atoms with Gasteiger partial charge in [0.2, 0.25) is 0 Å². The summed E-state index contributed by atoms with van der Waals surface area (Å²) in [5.74, 6) is -0.211. The Labute approximate surface area is 127 Å². The fourth-order valence-corrected chi connectivity index (χ4v) is 3.14. The molecular formula is C15H21BrN2O2. The number of carbonyl (C=O) groups excluding carboxylic acids is 1. The second kappa shape index (κ2) is 6.14. The lowest BCUT2D eigenvalue weighted by atomic mass is 9.92. The molecule has 20 heavy (non-hydrogen) atoms. The lowest BCUT2D eigenvalue weighted by Crippen LogP contribution is -2.45. The molecule has 0 radical (unpaired) electrons. The summed E-state index contributed by atoms with van der Waals surface area (Å²) in [7, 11) is 0. The normalized spacial score (nSPS) is 22.6. The minimum Gasteiger partial charge on any atom is -0.398 e. The predicted octanol–water partition coefficient (Wildman–Crippen LogP) is 2.68. The minimum atomic E-state index is -0.455. The van der Waals surface area contributed by atoms with Gasteiger partial charge in [0.25, 0.3) is 5.91 Å². The molecule has 1 saturated carbocycles. The van der Waals surface area contributed by atoms with E-state index < -0.39 is 6.10 Å². The van der Waals surface area contributed by atoms with Gasteiger partial charge in [-0.2, -0.15) is 0 Å². The third-order valence-electron chi connectivity index (χ3n) is 4.18. The van der Waals surface area contributed by atoms with Crippen molar-refractivity contribution in [3.63, 3.8) is 0 Å². The zero-order valence-corrected chi connectivity index (χ0v) is 13.5. The van der Waals surface area contributed by atoms with Crippen molar-refractivity contribution in [1.29, 1.82) is 0 Å². The van der Waals surface area contributed by atoms with Crippen molar-refractivity contribution in [3.8, 4) is 0 Å². The third-order valence-corrected chi connectivity index (χ3v) is 5.00. The van der Waals surface area contributed by atoms with Crippen LogP contribution in [0.3, 0.4) is 0 Å². The summed E-state index contributed by atoms with van der Waals surface area (Å²) in [5, 5.41) is 12.8. The van der Waals surface area contributed by atoms with Gasteiger partial charge in [-0.25, -0.2) is 0 Å². The summed E-state index contributed by atoms with van der Waals surface area (Å²) in [5.41, 5.74) is 8.98. The fraction of sp³-hybridized carbons (Fsp3) is 0.533. The van der Waals surface area contributed by atoms with Crippen molar-refractivity contribution in [2.24, 2.45) is 0 Å². The van der Waals surface area contributed by atoms with Crippen LogP contribution >= 0.6 is 15.9 Å². The Morgan fingerprint density at radius 2 is 2.00 bits per heavy atom.